The summed E-state index contributed by atoms with van der Waals surface area (Å²) < 4.78 is 1.01. The van der Waals surface area contributed by atoms with Crippen LogP contribution in [0.4, 0.5) is 0 Å². The Hall–Kier alpha value is -0.310. The lowest BCUT2D eigenvalue weighted by Gasteiger charge is -2.18. The molecule has 1 rings (SSSR count). The van der Waals surface area contributed by atoms with Crippen molar-refractivity contribution in [1.29, 1.82) is 0 Å². The van der Waals surface area contributed by atoms with Crippen LogP contribution in [0.25, 0.3) is 0 Å². The van der Waals surface area contributed by atoms with Gasteiger partial charge in [0.05, 0.1) is 0 Å². The number of rotatable bonds is 5. The maximum Gasteiger partial charge on any atom is 0.0420 e. The quantitative estimate of drug-likeness (QED) is 0.776. The average Bonchev–Trinajstić information content (AvgIpc) is 2.24. The van der Waals surface area contributed by atoms with Crippen LogP contribution < -0.4 is 5.32 Å². The smallest absolute Gasteiger partial charge is 0.0420 e. The molecule has 0 aliphatic rings. The van der Waals surface area contributed by atoms with Gasteiger partial charge in [0.25, 0.3) is 0 Å². The Morgan fingerprint density at radius 3 is 2.69 bits per heavy atom. The fraction of sp³-hybridized carbons (Fsp3) is 0.385. The van der Waals surface area contributed by atoms with Crippen LogP contribution in [0, 0.1) is 0 Å². The second-order valence-corrected chi connectivity index (χ2v) is 5.20. The Labute approximate surface area is 111 Å². The molecule has 0 amide bonds. The predicted octanol–water partition coefficient (Wildman–Crippen LogP) is 4.72. The third kappa shape index (κ3) is 3.93. The maximum absolute atomic E-state index is 6.04. The highest BCUT2D eigenvalue weighted by molar-refractivity contribution is 9.10. The third-order valence-corrected chi connectivity index (χ3v) is 3.30. The van der Waals surface area contributed by atoms with Gasteiger partial charge in [-0.1, -0.05) is 46.6 Å². The van der Waals surface area contributed by atoms with E-state index in [1.54, 1.807) is 0 Å². The molecule has 0 aliphatic carbocycles. The number of nitrogens with one attached hydrogen (secondary N) is 1. The van der Waals surface area contributed by atoms with E-state index in [-0.39, 0.29) is 6.04 Å². The highest BCUT2D eigenvalue weighted by atomic mass is 79.9. The van der Waals surface area contributed by atoms with E-state index in [4.69, 9.17) is 11.6 Å². The molecule has 1 nitrogen and oxygen atoms in total. The highest BCUT2D eigenvalue weighted by Gasteiger charge is 2.11. The lowest BCUT2D eigenvalue weighted by atomic mass is 9.99. The molecule has 0 fully saturated rings. The first-order valence-corrected chi connectivity index (χ1v) is 6.53. The molecule has 1 aromatic rings. The van der Waals surface area contributed by atoms with Crippen molar-refractivity contribution in [2.75, 3.05) is 7.05 Å². The summed E-state index contributed by atoms with van der Waals surface area (Å²) in [6, 6.07) is 6.26. The van der Waals surface area contributed by atoms with Gasteiger partial charge < -0.3 is 5.32 Å². The van der Waals surface area contributed by atoms with Crippen molar-refractivity contribution in [3.8, 4) is 0 Å². The fourth-order valence-electron chi connectivity index (χ4n) is 1.60. The number of halogens is 2. The molecule has 0 spiro atoms. The largest absolute Gasteiger partial charge is 0.313 e. The standard InChI is InChI=1S/C13H17BrClN/c1-4-9(2)5-13(16-3)10-6-11(14)8-12(15)7-10/h6-8,13,16H,2,4-5H2,1,3H3. The minimum atomic E-state index is 0.280. The molecule has 16 heavy (non-hydrogen) atoms. The average molecular weight is 303 g/mol. The zero-order valence-corrected chi connectivity index (χ0v) is 12.0. The number of benzene rings is 1. The summed E-state index contributed by atoms with van der Waals surface area (Å²) in [6.45, 7) is 6.17. The van der Waals surface area contributed by atoms with Gasteiger partial charge in [-0.3, -0.25) is 0 Å². The minimum absolute atomic E-state index is 0.280. The van der Waals surface area contributed by atoms with Crippen LogP contribution in [0.1, 0.15) is 31.4 Å². The summed E-state index contributed by atoms with van der Waals surface area (Å²) in [5.74, 6) is 0. The monoisotopic (exact) mass is 301 g/mol. The van der Waals surface area contributed by atoms with Crippen LogP contribution in [0.2, 0.25) is 5.02 Å². The Morgan fingerprint density at radius 1 is 1.50 bits per heavy atom. The lowest BCUT2D eigenvalue weighted by Crippen LogP contribution is -2.16. The number of hydrogen-bond acceptors (Lipinski definition) is 1. The lowest BCUT2D eigenvalue weighted by molar-refractivity contribution is 0.582. The molecule has 0 heterocycles. The van der Waals surface area contributed by atoms with E-state index >= 15 is 0 Å². The van der Waals surface area contributed by atoms with E-state index in [0.717, 1.165) is 22.3 Å². The molecule has 88 valence electrons. The van der Waals surface area contributed by atoms with Crippen molar-refractivity contribution in [1.82, 2.24) is 5.32 Å². The van der Waals surface area contributed by atoms with Crippen LogP contribution in [-0.4, -0.2) is 7.05 Å². The van der Waals surface area contributed by atoms with Gasteiger partial charge in [-0.2, -0.15) is 0 Å². The van der Waals surface area contributed by atoms with Gasteiger partial charge in [-0.25, -0.2) is 0 Å². The van der Waals surface area contributed by atoms with Crippen LogP contribution in [-0.2, 0) is 0 Å². The van der Waals surface area contributed by atoms with Crippen molar-refractivity contribution in [2.45, 2.75) is 25.8 Å². The molecular weight excluding hydrogens is 286 g/mol. The molecule has 1 unspecified atom stereocenters. The van der Waals surface area contributed by atoms with Gasteiger partial charge in [0, 0.05) is 15.5 Å². The van der Waals surface area contributed by atoms with Gasteiger partial charge in [0.1, 0.15) is 0 Å². The van der Waals surface area contributed by atoms with Crippen molar-refractivity contribution in [3.05, 3.63) is 45.4 Å². The summed E-state index contributed by atoms with van der Waals surface area (Å²) in [7, 11) is 1.96. The first-order chi connectivity index (χ1) is 7.56. The Morgan fingerprint density at radius 2 is 2.19 bits per heavy atom. The zero-order chi connectivity index (χ0) is 12.1. The predicted molar refractivity (Wildman–Crippen MR) is 75.0 cm³/mol. The first-order valence-electron chi connectivity index (χ1n) is 5.36. The van der Waals surface area contributed by atoms with Crippen LogP contribution in [0.3, 0.4) is 0 Å². The number of hydrogen-bond donors (Lipinski definition) is 1. The van der Waals surface area contributed by atoms with Crippen LogP contribution >= 0.6 is 27.5 Å². The topological polar surface area (TPSA) is 12.0 Å². The summed E-state index contributed by atoms with van der Waals surface area (Å²) in [5, 5.41) is 4.05. The molecule has 0 bridgehead atoms. The van der Waals surface area contributed by atoms with Gasteiger partial charge in [-0.15, -0.1) is 0 Å². The second kappa shape index (κ2) is 6.43. The van der Waals surface area contributed by atoms with Crippen molar-refractivity contribution < 1.29 is 0 Å². The molecule has 1 atom stereocenters. The minimum Gasteiger partial charge on any atom is -0.313 e. The Balaban J connectivity index is 2.90. The van der Waals surface area contributed by atoms with Crippen LogP contribution in [0.5, 0.6) is 0 Å². The van der Waals surface area contributed by atoms with E-state index in [0.29, 0.717) is 0 Å². The van der Waals surface area contributed by atoms with Crippen molar-refractivity contribution in [2.24, 2.45) is 0 Å². The van der Waals surface area contributed by atoms with Crippen molar-refractivity contribution >= 4 is 27.5 Å². The van der Waals surface area contributed by atoms with Gasteiger partial charge >= 0.3 is 0 Å². The highest BCUT2D eigenvalue weighted by Crippen LogP contribution is 2.27. The molecule has 3 heteroatoms. The Bertz CT molecular complexity index is 356. The van der Waals surface area contributed by atoms with Gasteiger partial charge in [0.15, 0.2) is 0 Å². The Kier molecular flexibility index (Phi) is 5.53. The molecule has 1 aromatic carbocycles. The van der Waals surface area contributed by atoms with E-state index in [1.807, 2.05) is 19.2 Å². The summed E-state index contributed by atoms with van der Waals surface area (Å²) in [5.41, 5.74) is 2.44. The molecule has 0 saturated heterocycles. The van der Waals surface area contributed by atoms with Gasteiger partial charge in [-0.05, 0) is 43.7 Å². The van der Waals surface area contributed by atoms with Crippen LogP contribution in [0.15, 0.2) is 34.8 Å². The second-order valence-electron chi connectivity index (χ2n) is 3.85. The first kappa shape index (κ1) is 13.8. The summed E-state index contributed by atoms with van der Waals surface area (Å²) in [6.07, 6.45) is 1.96. The fourth-order valence-corrected chi connectivity index (χ4v) is 2.48. The summed E-state index contributed by atoms with van der Waals surface area (Å²) in [4.78, 5) is 0. The van der Waals surface area contributed by atoms with E-state index in [9.17, 15) is 0 Å². The maximum atomic E-state index is 6.04. The zero-order valence-electron chi connectivity index (χ0n) is 9.69. The van der Waals surface area contributed by atoms with E-state index in [1.165, 1.54) is 11.1 Å². The summed E-state index contributed by atoms with van der Waals surface area (Å²) >= 11 is 9.50. The molecule has 1 N–H and O–H groups in total. The molecule has 0 radical (unpaired) electrons. The third-order valence-electron chi connectivity index (χ3n) is 2.63. The molecule has 0 saturated carbocycles. The van der Waals surface area contributed by atoms with E-state index in [2.05, 4.69) is 40.8 Å². The van der Waals surface area contributed by atoms with Crippen molar-refractivity contribution in [3.63, 3.8) is 0 Å². The molecular formula is C13H17BrClN. The molecule has 0 aliphatic heterocycles. The van der Waals surface area contributed by atoms with E-state index < -0.39 is 0 Å². The normalized spacial score (nSPS) is 12.5. The molecule has 0 aromatic heterocycles. The van der Waals surface area contributed by atoms with Gasteiger partial charge in [0.2, 0.25) is 0 Å². The SMILES string of the molecule is C=C(CC)CC(NC)c1cc(Cl)cc(Br)c1.